The largest absolute Gasteiger partial charge is 0.517 e. The molecule has 1 rings (SSSR count). The molecule has 3 heteroatoms. The molecule has 0 aliphatic rings. The normalized spacial score (nSPS) is 11.0. The molecule has 0 N–H and O–H groups in total. The van der Waals surface area contributed by atoms with Gasteiger partial charge in [0.15, 0.2) is 0 Å². The van der Waals surface area contributed by atoms with Gasteiger partial charge in [0.1, 0.15) is 0 Å². The van der Waals surface area contributed by atoms with E-state index in [0.29, 0.717) is 6.47 Å². The summed E-state index contributed by atoms with van der Waals surface area (Å²) >= 11 is 0. The molecule has 0 bridgehead atoms. The molecule has 0 heterocycles. The minimum absolute atomic E-state index is 0.554. The van der Waals surface area contributed by atoms with Crippen molar-refractivity contribution < 1.29 is 9.22 Å². The first kappa shape index (κ1) is 9.99. The number of rotatable bonds is 3. The third-order valence-corrected chi connectivity index (χ3v) is 4.68. The Labute approximate surface area is 79.7 Å². The molecule has 0 amide bonds. The van der Waals surface area contributed by atoms with Gasteiger partial charge in [0.25, 0.3) is 14.8 Å². The second-order valence-corrected chi connectivity index (χ2v) is 7.33. The maximum atomic E-state index is 10.3. The Bertz CT molecular complexity index is 308. The summed E-state index contributed by atoms with van der Waals surface area (Å²) in [6.07, 6.45) is 0. The van der Waals surface area contributed by atoms with E-state index in [0.717, 1.165) is 0 Å². The predicted octanol–water partition coefficient (Wildman–Crippen LogP) is 1.58. The number of aryl methyl sites for hydroxylation is 1. The Balaban J connectivity index is 3.06. The fourth-order valence-corrected chi connectivity index (χ4v) is 3.33. The minimum Gasteiger partial charge on any atom is -0.517 e. The summed E-state index contributed by atoms with van der Waals surface area (Å²) in [5.41, 5.74) is 1.20. The third-order valence-electron chi connectivity index (χ3n) is 2.14. The zero-order valence-corrected chi connectivity index (χ0v) is 9.20. The summed E-state index contributed by atoms with van der Waals surface area (Å²) in [7, 11) is -1.99. The van der Waals surface area contributed by atoms with Crippen LogP contribution in [0, 0.1) is 6.92 Å². The SMILES string of the molecule is Cc1ccccc1[Si](C)(C)OC=O. The van der Waals surface area contributed by atoms with Gasteiger partial charge < -0.3 is 4.43 Å². The molecular formula is C10H14O2Si. The molecule has 0 aliphatic carbocycles. The maximum Gasteiger partial charge on any atom is 0.280 e. The number of hydrogen-bond donors (Lipinski definition) is 0. The molecular weight excluding hydrogens is 180 g/mol. The van der Waals surface area contributed by atoms with Crippen molar-refractivity contribution in [2.75, 3.05) is 0 Å². The van der Waals surface area contributed by atoms with Crippen molar-refractivity contribution in [2.24, 2.45) is 0 Å². The molecule has 70 valence electrons. The molecule has 0 atom stereocenters. The highest BCUT2D eigenvalue weighted by atomic mass is 28.4. The summed E-state index contributed by atoms with van der Waals surface area (Å²) in [4.78, 5) is 10.3. The van der Waals surface area contributed by atoms with Gasteiger partial charge >= 0.3 is 0 Å². The van der Waals surface area contributed by atoms with E-state index in [-0.39, 0.29) is 0 Å². The Kier molecular flexibility index (Phi) is 2.88. The topological polar surface area (TPSA) is 26.3 Å². The zero-order valence-electron chi connectivity index (χ0n) is 8.20. The lowest BCUT2D eigenvalue weighted by molar-refractivity contribution is -0.121. The first-order chi connectivity index (χ1) is 6.08. The van der Waals surface area contributed by atoms with Crippen LogP contribution in [0.15, 0.2) is 24.3 Å². The fraction of sp³-hybridized carbons (Fsp3) is 0.300. The Morgan fingerprint density at radius 2 is 1.92 bits per heavy atom. The lowest BCUT2D eigenvalue weighted by atomic mass is 10.2. The van der Waals surface area contributed by atoms with Crippen LogP contribution in [-0.4, -0.2) is 14.8 Å². The smallest absolute Gasteiger partial charge is 0.280 e. The minimum atomic E-state index is -1.99. The van der Waals surface area contributed by atoms with Crippen molar-refractivity contribution in [1.29, 1.82) is 0 Å². The second-order valence-electron chi connectivity index (χ2n) is 3.54. The summed E-state index contributed by atoms with van der Waals surface area (Å²) in [6, 6.07) is 8.04. The van der Waals surface area contributed by atoms with E-state index in [1.54, 1.807) is 0 Å². The van der Waals surface area contributed by atoms with E-state index < -0.39 is 8.32 Å². The first-order valence-electron chi connectivity index (χ1n) is 4.25. The molecule has 0 aliphatic heterocycles. The number of carbonyl (C=O) groups excluding carboxylic acids is 1. The molecule has 0 radical (unpaired) electrons. The van der Waals surface area contributed by atoms with Crippen LogP contribution in [0.1, 0.15) is 5.56 Å². The molecule has 1 aromatic carbocycles. The monoisotopic (exact) mass is 194 g/mol. The van der Waals surface area contributed by atoms with Crippen LogP contribution in [0.25, 0.3) is 0 Å². The summed E-state index contributed by atoms with van der Waals surface area (Å²) in [5, 5.41) is 1.18. The highest BCUT2D eigenvalue weighted by molar-refractivity contribution is 6.85. The fourth-order valence-electron chi connectivity index (χ4n) is 1.43. The van der Waals surface area contributed by atoms with Crippen molar-refractivity contribution >= 4 is 20.0 Å². The van der Waals surface area contributed by atoms with Crippen LogP contribution in [0.2, 0.25) is 13.1 Å². The van der Waals surface area contributed by atoms with E-state index in [1.165, 1.54) is 10.8 Å². The highest BCUT2D eigenvalue weighted by Gasteiger charge is 2.27. The second kappa shape index (κ2) is 3.74. The van der Waals surface area contributed by atoms with Crippen LogP contribution in [0.5, 0.6) is 0 Å². The van der Waals surface area contributed by atoms with Crippen molar-refractivity contribution in [3.63, 3.8) is 0 Å². The quantitative estimate of drug-likeness (QED) is 0.539. The van der Waals surface area contributed by atoms with Crippen LogP contribution in [0.3, 0.4) is 0 Å². The van der Waals surface area contributed by atoms with Crippen molar-refractivity contribution in [3.8, 4) is 0 Å². The third kappa shape index (κ3) is 2.18. The molecule has 1 aromatic rings. The predicted molar refractivity (Wildman–Crippen MR) is 55.4 cm³/mol. The molecule has 0 fully saturated rings. The van der Waals surface area contributed by atoms with Gasteiger partial charge in [0, 0.05) is 0 Å². The van der Waals surface area contributed by atoms with Gasteiger partial charge in [0.05, 0.1) is 0 Å². The van der Waals surface area contributed by atoms with Gasteiger partial charge in [-0.25, -0.2) is 0 Å². The van der Waals surface area contributed by atoms with Crippen LogP contribution in [0.4, 0.5) is 0 Å². The van der Waals surface area contributed by atoms with Crippen LogP contribution in [-0.2, 0) is 9.22 Å². The lowest BCUT2D eigenvalue weighted by Crippen LogP contribution is -2.45. The van der Waals surface area contributed by atoms with E-state index in [9.17, 15) is 4.79 Å². The first-order valence-corrected chi connectivity index (χ1v) is 7.16. The average Bonchev–Trinajstić information content (AvgIpc) is 2.04. The molecule has 0 aromatic heterocycles. The average molecular weight is 194 g/mol. The molecule has 0 spiro atoms. The van der Waals surface area contributed by atoms with Gasteiger partial charge in [-0.15, -0.1) is 0 Å². The van der Waals surface area contributed by atoms with Gasteiger partial charge in [-0.3, -0.25) is 4.79 Å². The lowest BCUT2D eigenvalue weighted by Gasteiger charge is -2.21. The summed E-state index contributed by atoms with van der Waals surface area (Å²) in [5.74, 6) is 0. The number of benzene rings is 1. The van der Waals surface area contributed by atoms with Crippen LogP contribution >= 0.6 is 0 Å². The van der Waals surface area contributed by atoms with Crippen molar-refractivity contribution in [3.05, 3.63) is 29.8 Å². The van der Waals surface area contributed by atoms with Gasteiger partial charge in [-0.1, -0.05) is 24.3 Å². The van der Waals surface area contributed by atoms with E-state index >= 15 is 0 Å². The number of carbonyl (C=O) groups is 1. The van der Waals surface area contributed by atoms with E-state index in [2.05, 4.69) is 0 Å². The Hall–Kier alpha value is -1.09. The van der Waals surface area contributed by atoms with E-state index in [4.69, 9.17) is 4.43 Å². The molecule has 0 saturated heterocycles. The summed E-state index contributed by atoms with van der Waals surface area (Å²) < 4.78 is 5.15. The highest BCUT2D eigenvalue weighted by Crippen LogP contribution is 2.06. The molecule has 13 heavy (non-hydrogen) atoms. The van der Waals surface area contributed by atoms with Gasteiger partial charge in [-0.2, -0.15) is 0 Å². The maximum absolute atomic E-state index is 10.3. The standard InChI is InChI=1S/C10H14O2Si/c1-9-6-4-5-7-10(9)13(2,3)12-8-11/h4-8H,1-3H3. The van der Waals surface area contributed by atoms with Crippen LogP contribution < -0.4 is 5.19 Å². The van der Waals surface area contributed by atoms with Crippen molar-refractivity contribution in [2.45, 2.75) is 20.0 Å². The summed E-state index contributed by atoms with van der Waals surface area (Å²) in [6.45, 7) is 6.63. The molecule has 2 nitrogen and oxygen atoms in total. The van der Waals surface area contributed by atoms with Gasteiger partial charge in [-0.05, 0) is 30.8 Å². The van der Waals surface area contributed by atoms with Crippen molar-refractivity contribution in [1.82, 2.24) is 0 Å². The van der Waals surface area contributed by atoms with Gasteiger partial charge in [0.2, 0.25) is 0 Å². The molecule has 0 saturated carbocycles. The number of hydrogen-bond acceptors (Lipinski definition) is 2. The molecule has 0 unspecified atom stereocenters. The Morgan fingerprint density at radius 3 is 2.46 bits per heavy atom. The Morgan fingerprint density at radius 1 is 1.31 bits per heavy atom. The zero-order chi connectivity index (χ0) is 9.90. The van der Waals surface area contributed by atoms with E-state index in [1.807, 2.05) is 44.3 Å².